The van der Waals surface area contributed by atoms with Crippen molar-refractivity contribution >= 4 is 34.7 Å². The van der Waals surface area contributed by atoms with Crippen molar-refractivity contribution in [2.45, 2.75) is 6.61 Å². The summed E-state index contributed by atoms with van der Waals surface area (Å²) in [7, 11) is 0. The first-order valence-electron chi connectivity index (χ1n) is 5.05. The van der Waals surface area contributed by atoms with Gasteiger partial charge in [0.1, 0.15) is 10.8 Å². The Bertz CT molecular complexity index is 584. The molecule has 0 amide bonds. The number of nitrogens with zero attached hydrogens (tertiary/aromatic N) is 2. The van der Waals surface area contributed by atoms with Crippen molar-refractivity contribution in [3.8, 4) is 5.75 Å². The maximum atomic E-state index is 12.3. The molecular formula is C11H7Cl2F2N3O. The Morgan fingerprint density at radius 1 is 1.21 bits per heavy atom. The van der Waals surface area contributed by atoms with Crippen molar-refractivity contribution in [3.05, 3.63) is 40.8 Å². The predicted molar refractivity (Wildman–Crippen MR) is 68.4 cm³/mol. The third-order valence-electron chi connectivity index (χ3n) is 2.07. The van der Waals surface area contributed by atoms with Crippen molar-refractivity contribution < 1.29 is 13.5 Å². The molecule has 1 heterocycles. The van der Waals surface area contributed by atoms with Gasteiger partial charge in [-0.2, -0.15) is 13.8 Å². The number of nitrogens with one attached hydrogen (secondary N) is 1. The predicted octanol–water partition coefficient (Wildman–Crippen LogP) is 4.13. The Kier molecular flexibility index (Phi) is 4.34. The van der Waals surface area contributed by atoms with Crippen LogP contribution < -0.4 is 10.1 Å². The number of benzene rings is 1. The Balaban J connectivity index is 2.30. The lowest BCUT2D eigenvalue weighted by molar-refractivity contribution is -0.0493. The zero-order valence-corrected chi connectivity index (χ0v) is 10.8. The van der Waals surface area contributed by atoms with Gasteiger partial charge < -0.3 is 10.1 Å². The van der Waals surface area contributed by atoms with Gasteiger partial charge in [-0.3, -0.25) is 0 Å². The summed E-state index contributed by atoms with van der Waals surface area (Å²) in [5, 5.41) is 2.95. The SMILES string of the molecule is FC(F)Oc1ccccc1Nc1nc(Cl)ncc1Cl. The number of hydrogen-bond acceptors (Lipinski definition) is 4. The highest BCUT2D eigenvalue weighted by Crippen LogP contribution is 2.30. The van der Waals surface area contributed by atoms with E-state index in [2.05, 4.69) is 20.0 Å². The number of anilines is 2. The van der Waals surface area contributed by atoms with Crippen molar-refractivity contribution in [2.24, 2.45) is 0 Å². The number of para-hydroxylation sites is 2. The normalized spacial score (nSPS) is 10.6. The van der Waals surface area contributed by atoms with Crippen molar-refractivity contribution in [1.29, 1.82) is 0 Å². The van der Waals surface area contributed by atoms with Crippen LogP contribution in [0.2, 0.25) is 10.3 Å². The van der Waals surface area contributed by atoms with Crippen LogP contribution in [-0.2, 0) is 0 Å². The van der Waals surface area contributed by atoms with E-state index in [1.807, 2.05) is 0 Å². The van der Waals surface area contributed by atoms with Crippen LogP contribution in [0.5, 0.6) is 5.75 Å². The van der Waals surface area contributed by atoms with Crippen LogP contribution in [0.15, 0.2) is 30.5 Å². The van der Waals surface area contributed by atoms with Crippen molar-refractivity contribution in [1.82, 2.24) is 9.97 Å². The van der Waals surface area contributed by atoms with E-state index in [9.17, 15) is 8.78 Å². The van der Waals surface area contributed by atoms with E-state index in [0.717, 1.165) is 0 Å². The van der Waals surface area contributed by atoms with Crippen LogP contribution in [0.25, 0.3) is 0 Å². The van der Waals surface area contributed by atoms with Gasteiger partial charge in [0.2, 0.25) is 5.28 Å². The van der Waals surface area contributed by atoms with Crippen LogP contribution in [0.1, 0.15) is 0 Å². The first kappa shape index (κ1) is 13.8. The molecule has 2 aromatic rings. The Hall–Kier alpha value is -1.66. The third-order valence-corrected chi connectivity index (χ3v) is 2.53. The van der Waals surface area contributed by atoms with Gasteiger partial charge >= 0.3 is 6.61 Å². The monoisotopic (exact) mass is 305 g/mol. The Morgan fingerprint density at radius 2 is 1.95 bits per heavy atom. The molecule has 4 nitrogen and oxygen atoms in total. The zero-order chi connectivity index (χ0) is 13.8. The zero-order valence-electron chi connectivity index (χ0n) is 9.28. The molecule has 2 rings (SSSR count). The third kappa shape index (κ3) is 3.65. The maximum absolute atomic E-state index is 12.3. The van der Waals surface area contributed by atoms with Gasteiger partial charge in [-0.25, -0.2) is 4.98 Å². The van der Waals surface area contributed by atoms with E-state index in [0.29, 0.717) is 5.69 Å². The minimum atomic E-state index is -2.92. The number of hydrogen-bond donors (Lipinski definition) is 1. The molecule has 1 N–H and O–H groups in total. The fourth-order valence-electron chi connectivity index (χ4n) is 1.33. The van der Waals surface area contributed by atoms with Gasteiger partial charge in [-0.15, -0.1) is 0 Å². The highest BCUT2D eigenvalue weighted by Gasteiger charge is 2.11. The molecular weight excluding hydrogens is 299 g/mol. The molecule has 0 radical (unpaired) electrons. The van der Waals surface area contributed by atoms with Crippen LogP contribution in [0.4, 0.5) is 20.3 Å². The largest absolute Gasteiger partial charge is 0.433 e. The van der Waals surface area contributed by atoms with Gasteiger partial charge in [-0.1, -0.05) is 23.7 Å². The second kappa shape index (κ2) is 5.99. The van der Waals surface area contributed by atoms with Gasteiger partial charge in [0.15, 0.2) is 5.82 Å². The number of aromatic nitrogens is 2. The molecule has 8 heteroatoms. The lowest BCUT2D eigenvalue weighted by Gasteiger charge is -2.12. The summed E-state index contributed by atoms with van der Waals surface area (Å²) >= 11 is 11.5. The second-order valence-electron chi connectivity index (χ2n) is 3.34. The van der Waals surface area contributed by atoms with Crippen LogP contribution in [0, 0.1) is 0 Å². The molecule has 0 aliphatic rings. The van der Waals surface area contributed by atoms with E-state index < -0.39 is 6.61 Å². The first-order chi connectivity index (χ1) is 9.06. The summed E-state index contributed by atoms with van der Waals surface area (Å²) in [6, 6.07) is 6.16. The first-order valence-corrected chi connectivity index (χ1v) is 5.81. The Morgan fingerprint density at radius 3 is 2.68 bits per heavy atom. The van der Waals surface area contributed by atoms with Gasteiger partial charge in [0.05, 0.1) is 11.9 Å². The molecule has 100 valence electrons. The van der Waals surface area contributed by atoms with E-state index in [1.165, 1.54) is 12.3 Å². The molecule has 0 aliphatic carbocycles. The molecule has 0 saturated carbocycles. The summed E-state index contributed by atoms with van der Waals surface area (Å²) in [4.78, 5) is 7.54. The van der Waals surface area contributed by atoms with E-state index in [-0.39, 0.29) is 21.9 Å². The molecule has 0 fully saturated rings. The molecule has 19 heavy (non-hydrogen) atoms. The van der Waals surface area contributed by atoms with Crippen molar-refractivity contribution in [2.75, 3.05) is 5.32 Å². The van der Waals surface area contributed by atoms with Gasteiger partial charge in [0, 0.05) is 0 Å². The summed E-state index contributed by atoms with van der Waals surface area (Å²) in [6.45, 7) is -2.92. The molecule has 0 saturated heterocycles. The molecule has 1 aromatic carbocycles. The highest BCUT2D eigenvalue weighted by atomic mass is 35.5. The summed E-state index contributed by atoms with van der Waals surface area (Å²) in [5.74, 6) is 0.176. The van der Waals surface area contributed by atoms with Gasteiger partial charge in [-0.05, 0) is 23.7 Å². The minimum absolute atomic E-state index is 0.0147. The Labute approximate surface area is 117 Å². The number of ether oxygens (including phenoxy) is 1. The molecule has 0 unspecified atom stereocenters. The maximum Gasteiger partial charge on any atom is 0.387 e. The average molecular weight is 306 g/mol. The van der Waals surface area contributed by atoms with Crippen LogP contribution in [0.3, 0.4) is 0 Å². The summed E-state index contributed by atoms with van der Waals surface area (Å²) < 4.78 is 28.9. The molecule has 0 aliphatic heterocycles. The van der Waals surface area contributed by atoms with E-state index in [4.69, 9.17) is 23.2 Å². The van der Waals surface area contributed by atoms with Crippen LogP contribution in [-0.4, -0.2) is 16.6 Å². The average Bonchev–Trinajstić information content (AvgIpc) is 2.35. The fraction of sp³-hybridized carbons (Fsp3) is 0.0909. The van der Waals surface area contributed by atoms with E-state index >= 15 is 0 Å². The second-order valence-corrected chi connectivity index (χ2v) is 4.08. The fourth-order valence-corrected chi connectivity index (χ4v) is 1.60. The molecule has 1 aromatic heterocycles. The molecule has 0 bridgehead atoms. The lowest BCUT2D eigenvalue weighted by Crippen LogP contribution is -2.05. The number of alkyl halides is 2. The highest BCUT2D eigenvalue weighted by molar-refractivity contribution is 6.33. The molecule has 0 atom stereocenters. The summed E-state index contributed by atoms with van der Waals surface area (Å²) in [6.07, 6.45) is 1.30. The quantitative estimate of drug-likeness (QED) is 0.863. The number of halogens is 4. The standard InChI is InChI=1S/C11H7Cl2F2N3O/c12-6-5-16-10(13)18-9(6)17-7-3-1-2-4-8(7)19-11(14)15/h1-5,11H,(H,16,17,18). The topological polar surface area (TPSA) is 47.0 Å². The smallest absolute Gasteiger partial charge is 0.387 e. The van der Waals surface area contributed by atoms with Crippen molar-refractivity contribution in [3.63, 3.8) is 0 Å². The lowest BCUT2D eigenvalue weighted by atomic mass is 10.3. The summed E-state index contributed by atoms with van der Waals surface area (Å²) in [5.41, 5.74) is 0.291. The van der Waals surface area contributed by atoms with Crippen LogP contribution >= 0.6 is 23.2 Å². The number of rotatable bonds is 4. The van der Waals surface area contributed by atoms with E-state index in [1.54, 1.807) is 18.2 Å². The minimum Gasteiger partial charge on any atom is -0.433 e. The molecule has 0 spiro atoms. The van der Waals surface area contributed by atoms with Gasteiger partial charge in [0.25, 0.3) is 0 Å².